The lowest BCUT2D eigenvalue weighted by atomic mass is 10.2. The van der Waals surface area contributed by atoms with Crippen LogP contribution in [0.5, 0.6) is 5.75 Å². The molecule has 4 heteroatoms. The Kier molecular flexibility index (Phi) is 3.45. The molecule has 0 unspecified atom stereocenters. The summed E-state index contributed by atoms with van der Waals surface area (Å²) in [4.78, 5) is 8.44. The van der Waals surface area contributed by atoms with Crippen LogP contribution in [0.1, 0.15) is 15.2 Å². The van der Waals surface area contributed by atoms with Gasteiger partial charge in [-0.15, -0.1) is 0 Å². The van der Waals surface area contributed by atoms with E-state index in [1.165, 1.54) is 19.8 Å². The lowest BCUT2D eigenvalue weighted by Crippen LogP contribution is -2.07. The van der Waals surface area contributed by atoms with Gasteiger partial charge in [-0.05, 0) is 30.0 Å². The van der Waals surface area contributed by atoms with Gasteiger partial charge in [0.2, 0.25) is 0 Å². The summed E-state index contributed by atoms with van der Waals surface area (Å²) in [7, 11) is 0.619. The van der Waals surface area contributed by atoms with E-state index < -0.39 is 7.04 Å². The number of fused-ring (bicyclic) bond motifs is 2. The van der Waals surface area contributed by atoms with E-state index in [1.807, 2.05) is 12.1 Å². The first-order valence-corrected chi connectivity index (χ1v) is 4.58. The molecular formula is C11H17NO3. The first-order valence-electron chi connectivity index (χ1n) is 6.08. The quantitative estimate of drug-likeness (QED) is 0.774. The summed E-state index contributed by atoms with van der Waals surface area (Å²) in [6.07, 6.45) is 1.90. The fraction of sp³-hybridized carbons (Fsp3) is 0.455. The van der Waals surface area contributed by atoms with Crippen molar-refractivity contribution in [3.63, 3.8) is 0 Å². The molecule has 0 aliphatic heterocycles. The zero-order valence-corrected chi connectivity index (χ0v) is 8.87. The number of nitrogens with one attached hydrogen (secondary N) is 1. The first-order chi connectivity index (χ1) is 8.46. The number of methoxy groups -OCH3 is 1. The van der Waals surface area contributed by atoms with E-state index in [0.717, 1.165) is 18.4 Å². The van der Waals surface area contributed by atoms with Crippen molar-refractivity contribution in [3.05, 3.63) is 29.3 Å². The van der Waals surface area contributed by atoms with Crippen LogP contribution >= 0.6 is 0 Å². The van der Waals surface area contributed by atoms with E-state index in [2.05, 4.69) is 15.3 Å². The fourth-order valence-electron chi connectivity index (χ4n) is 1.45. The van der Waals surface area contributed by atoms with E-state index >= 15 is 0 Å². The second-order valence-corrected chi connectivity index (χ2v) is 3.04. The molecule has 1 N–H and O–H groups in total. The number of ether oxygens (including phenoxy) is 1. The van der Waals surface area contributed by atoms with Crippen molar-refractivity contribution in [3.8, 4) is 5.75 Å². The molecule has 0 spiro atoms. The lowest BCUT2D eigenvalue weighted by Gasteiger charge is -2.00. The van der Waals surface area contributed by atoms with E-state index in [4.69, 9.17) is 8.85 Å². The van der Waals surface area contributed by atoms with Crippen molar-refractivity contribution < 1.29 is 18.5 Å². The number of hydrogen-bond acceptors (Lipinski definition) is 4. The first kappa shape index (κ1) is 8.10. The van der Waals surface area contributed by atoms with Crippen molar-refractivity contribution in [2.45, 2.75) is 12.8 Å². The number of aryl methyl sites for hydroxylation is 2. The van der Waals surface area contributed by atoms with Crippen LogP contribution in [-0.4, -0.2) is 21.3 Å². The van der Waals surface area contributed by atoms with Gasteiger partial charge < -0.3 is 4.74 Å². The van der Waals surface area contributed by atoms with Gasteiger partial charge in [-0.1, -0.05) is 17.8 Å². The predicted octanol–water partition coefficient (Wildman–Crippen LogP) is 1.49. The highest BCUT2D eigenvalue weighted by Crippen LogP contribution is 2.26. The van der Waals surface area contributed by atoms with E-state index in [1.54, 1.807) is 6.07 Å². The molecule has 2 rings (SSSR count). The second kappa shape index (κ2) is 6.40. The molecular weight excluding hydrogens is 194 g/mol. The van der Waals surface area contributed by atoms with Crippen LogP contribution in [0.4, 0.5) is 0 Å². The van der Waals surface area contributed by atoms with Gasteiger partial charge in [0.15, 0.2) is 0 Å². The van der Waals surface area contributed by atoms with E-state index in [9.17, 15) is 0 Å². The molecule has 1 aromatic rings. The molecule has 1 aromatic carbocycles. The predicted molar refractivity (Wildman–Crippen MR) is 57.6 cm³/mol. The second-order valence-electron chi connectivity index (χ2n) is 3.04. The van der Waals surface area contributed by atoms with Crippen LogP contribution in [0.2, 0.25) is 0 Å². The average molecular weight is 214 g/mol. The molecule has 0 aromatic heterocycles. The number of rotatable bonds is 3. The SMILES string of the molecule is CONOC.[2H]C([2H])([2H])Oc1ccc2cc1CC2. The monoisotopic (exact) mass is 214 g/mol. The molecule has 4 nitrogen and oxygen atoms in total. The Balaban J connectivity index is 0.000000280. The standard InChI is InChI=1S/C9H10O.C2H7NO2/c1-10-9-5-3-7-2-4-8(9)6-7;1-4-3-5-2/h3,5-6H,2,4H2,1H3;3H,1-2H3/i1D3;. The van der Waals surface area contributed by atoms with Crippen molar-refractivity contribution in [2.24, 2.45) is 0 Å². The van der Waals surface area contributed by atoms with Gasteiger partial charge in [-0.3, -0.25) is 9.68 Å². The Morgan fingerprint density at radius 2 is 2.07 bits per heavy atom. The summed E-state index contributed by atoms with van der Waals surface area (Å²) in [5.41, 5.74) is 4.38. The normalized spacial score (nSPS) is 15.7. The summed E-state index contributed by atoms with van der Waals surface area (Å²) in [6, 6.07) is 5.66. The average Bonchev–Trinajstić information content (AvgIpc) is 2.66. The molecule has 0 amide bonds. The van der Waals surface area contributed by atoms with Crippen LogP contribution in [0.25, 0.3) is 0 Å². The minimum absolute atomic E-state index is 0.501. The number of hydrogen-bond donors (Lipinski definition) is 1. The van der Waals surface area contributed by atoms with E-state index in [0.29, 0.717) is 5.75 Å². The topological polar surface area (TPSA) is 39.7 Å². The van der Waals surface area contributed by atoms with Crippen molar-refractivity contribution in [1.29, 1.82) is 0 Å². The summed E-state index contributed by atoms with van der Waals surface area (Å²) >= 11 is 0. The Bertz CT molecular complexity index is 380. The minimum Gasteiger partial charge on any atom is -0.496 e. The Labute approximate surface area is 94.3 Å². The van der Waals surface area contributed by atoms with Crippen LogP contribution in [0, 0.1) is 0 Å². The Hall–Kier alpha value is -1.10. The van der Waals surface area contributed by atoms with Gasteiger partial charge in [0, 0.05) is 0 Å². The van der Waals surface area contributed by atoms with Crippen LogP contribution in [-0.2, 0) is 22.5 Å². The molecule has 2 bridgehead atoms. The third kappa shape index (κ3) is 3.51. The van der Waals surface area contributed by atoms with E-state index in [-0.39, 0.29) is 0 Å². The summed E-state index contributed by atoms with van der Waals surface area (Å²) < 4.78 is 25.8. The Morgan fingerprint density at radius 1 is 1.27 bits per heavy atom. The molecule has 0 saturated heterocycles. The summed E-state index contributed by atoms with van der Waals surface area (Å²) in [5, 5.41) is 0. The van der Waals surface area contributed by atoms with Crippen LogP contribution < -0.4 is 10.4 Å². The zero-order chi connectivity index (χ0) is 13.6. The highest BCUT2D eigenvalue weighted by atomic mass is 16.9. The van der Waals surface area contributed by atoms with Crippen molar-refractivity contribution in [2.75, 3.05) is 21.3 Å². The van der Waals surface area contributed by atoms with Gasteiger partial charge >= 0.3 is 0 Å². The lowest BCUT2D eigenvalue weighted by molar-refractivity contribution is -0.130. The highest BCUT2D eigenvalue weighted by molar-refractivity contribution is 5.41. The molecule has 84 valence electrons. The van der Waals surface area contributed by atoms with Gasteiger partial charge in [-0.2, -0.15) is 0 Å². The summed E-state index contributed by atoms with van der Waals surface area (Å²) in [6.45, 7) is 0. The smallest absolute Gasteiger partial charge is 0.122 e. The fourth-order valence-corrected chi connectivity index (χ4v) is 1.45. The van der Waals surface area contributed by atoms with Crippen molar-refractivity contribution >= 4 is 0 Å². The number of benzene rings is 1. The Morgan fingerprint density at radius 3 is 2.67 bits per heavy atom. The molecule has 1 aliphatic rings. The van der Waals surface area contributed by atoms with Crippen LogP contribution in [0.3, 0.4) is 0 Å². The molecule has 0 atom stereocenters. The maximum atomic E-state index is 6.97. The zero-order valence-electron chi connectivity index (χ0n) is 11.9. The maximum absolute atomic E-state index is 6.97. The third-order valence-corrected chi connectivity index (χ3v) is 2.08. The maximum Gasteiger partial charge on any atom is 0.122 e. The van der Waals surface area contributed by atoms with Gasteiger partial charge in [0.1, 0.15) is 5.75 Å². The molecule has 0 saturated carbocycles. The van der Waals surface area contributed by atoms with Crippen molar-refractivity contribution in [1.82, 2.24) is 5.64 Å². The minimum atomic E-state index is -2.33. The molecule has 1 aliphatic carbocycles. The largest absolute Gasteiger partial charge is 0.496 e. The highest BCUT2D eigenvalue weighted by Gasteiger charge is 2.10. The van der Waals surface area contributed by atoms with Gasteiger partial charge in [-0.25, -0.2) is 0 Å². The third-order valence-electron chi connectivity index (χ3n) is 2.08. The molecule has 0 radical (unpaired) electrons. The van der Waals surface area contributed by atoms with Gasteiger partial charge in [0.25, 0.3) is 0 Å². The molecule has 15 heavy (non-hydrogen) atoms. The van der Waals surface area contributed by atoms with Gasteiger partial charge in [0.05, 0.1) is 25.4 Å². The molecule has 0 heterocycles. The summed E-state index contributed by atoms with van der Waals surface area (Å²) in [5.74, 6) is 0.501. The molecule has 0 fully saturated rings. The van der Waals surface area contributed by atoms with Crippen LogP contribution in [0.15, 0.2) is 18.2 Å².